The van der Waals surface area contributed by atoms with Crippen LogP contribution in [0.2, 0.25) is 0 Å². The molecule has 2 heterocycles. The minimum Gasteiger partial charge on any atom is -0.383 e. The predicted molar refractivity (Wildman–Crippen MR) is 87.2 cm³/mol. The molecule has 0 saturated carbocycles. The Balaban J connectivity index is 2.70. The number of aryl methyl sites for hydroxylation is 1. The van der Waals surface area contributed by atoms with Crippen LogP contribution in [0.5, 0.6) is 0 Å². The Kier molecular flexibility index (Phi) is 3.43. The Morgan fingerprint density at radius 1 is 1.00 bits per heavy atom. The molecule has 0 atom stereocenters. The van der Waals surface area contributed by atoms with Gasteiger partial charge in [-0.15, -0.1) is 0 Å². The summed E-state index contributed by atoms with van der Waals surface area (Å²) in [5.41, 5.74) is 9.09. The fraction of sp³-hybridized carbons (Fsp3) is 0.625. The number of hydrogen-bond acceptors (Lipinski definition) is 3. The lowest BCUT2D eigenvalue weighted by molar-refractivity contribution is 0.524. The number of imidazole rings is 1. The van der Waals surface area contributed by atoms with E-state index in [2.05, 4.69) is 46.6 Å². The molecule has 2 rings (SSSR count). The maximum absolute atomic E-state index is 6.32. The second kappa shape index (κ2) is 4.61. The zero-order chi connectivity index (χ0) is 16.2. The highest BCUT2D eigenvalue weighted by atomic mass is 15.3. The normalized spacial score (nSPS) is 13.0. The van der Waals surface area contributed by atoms with Gasteiger partial charge in [0, 0.05) is 36.7 Å². The maximum atomic E-state index is 6.32. The highest BCUT2D eigenvalue weighted by Crippen LogP contribution is 2.36. The lowest BCUT2D eigenvalue weighted by Crippen LogP contribution is -2.17. The third kappa shape index (κ3) is 2.69. The standard InChI is InChI=1S/C16H27N5/c1-15(2,3)12-10(9-20(7)19-12)11-13(17)21(8)14(18-11)16(4,5)6/h9H,17H2,1-8H3. The van der Waals surface area contributed by atoms with E-state index in [1.807, 2.05) is 29.5 Å². The largest absolute Gasteiger partial charge is 0.383 e. The summed E-state index contributed by atoms with van der Waals surface area (Å²) in [7, 11) is 3.90. The van der Waals surface area contributed by atoms with E-state index in [1.165, 1.54) is 0 Å². The molecule has 0 unspecified atom stereocenters. The first-order valence-electron chi connectivity index (χ1n) is 7.30. The zero-order valence-corrected chi connectivity index (χ0v) is 14.4. The molecular formula is C16H27N5. The molecule has 0 aliphatic heterocycles. The zero-order valence-electron chi connectivity index (χ0n) is 14.4. The molecule has 0 fully saturated rings. The maximum Gasteiger partial charge on any atom is 0.131 e. The Hall–Kier alpha value is -1.78. The van der Waals surface area contributed by atoms with Crippen LogP contribution in [-0.4, -0.2) is 19.3 Å². The molecule has 0 aromatic carbocycles. The summed E-state index contributed by atoms with van der Waals surface area (Å²) in [5.74, 6) is 1.68. The molecular weight excluding hydrogens is 262 g/mol. The molecule has 2 aromatic heterocycles. The number of aromatic nitrogens is 4. The van der Waals surface area contributed by atoms with Crippen molar-refractivity contribution in [3.63, 3.8) is 0 Å². The van der Waals surface area contributed by atoms with Crippen molar-refractivity contribution < 1.29 is 0 Å². The average molecular weight is 289 g/mol. The van der Waals surface area contributed by atoms with Crippen molar-refractivity contribution in [3.8, 4) is 11.3 Å². The quantitative estimate of drug-likeness (QED) is 0.878. The number of nitrogens with two attached hydrogens (primary N) is 1. The minimum absolute atomic E-state index is 0.0504. The minimum atomic E-state index is -0.0531. The summed E-state index contributed by atoms with van der Waals surface area (Å²) in [6.45, 7) is 12.9. The number of anilines is 1. The summed E-state index contributed by atoms with van der Waals surface area (Å²) < 4.78 is 3.82. The molecule has 0 amide bonds. The van der Waals surface area contributed by atoms with Crippen LogP contribution in [0, 0.1) is 0 Å². The number of nitrogens with zero attached hydrogens (tertiary/aromatic N) is 4. The monoisotopic (exact) mass is 289 g/mol. The fourth-order valence-corrected chi connectivity index (χ4v) is 2.60. The van der Waals surface area contributed by atoms with Gasteiger partial charge in [-0.2, -0.15) is 5.10 Å². The molecule has 0 radical (unpaired) electrons. The number of nitrogen functional groups attached to an aromatic ring is 1. The van der Waals surface area contributed by atoms with Gasteiger partial charge in [0.2, 0.25) is 0 Å². The van der Waals surface area contributed by atoms with E-state index in [9.17, 15) is 0 Å². The third-order valence-corrected chi connectivity index (χ3v) is 3.60. The first kappa shape index (κ1) is 15.6. The van der Waals surface area contributed by atoms with Crippen molar-refractivity contribution in [2.45, 2.75) is 52.4 Å². The Morgan fingerprint density at radius 2 is 1.57 bits per heavy atom. The first-order chi connectivity index (χ1) is 9.43. The Labute approximate surface area is 127 Å². The smallest absolute Gasteiger partial charge is 0.131 e. The van der Waals surface area contributed by atoms with Gasteiger partial charge in [-0.05, 0) is 0 Å². The molecule has 0 aliphatic carbocycles. The van der Waals surface area contributed by atoms with Gasteiger partial charge in [-0.3, -0.25) is 4.68 Å². The van der Waals surface area contributed by atoms with Crippen LogP contribution in [0.25, 0.3) is 11.3 Å². The van der Waals surface area contributed by atoms with Crippen molar-refractivity contribution >= 4 is 5.82 Å². The van der Waals surface area contributed by atoms with Crippen LogP contribution in [0.3, 0.4) is 0 Å². The van der Waals surface area contributed by atoms with E-state index in [0.29, 0.717) is 5.82 Å². The highest BCUT2D eigenvalue weighted by Gasteiger charge is 2.29. The van der Waals surface area contributed by atoms with E-state index in [0.717, 1.165) is 22.8 Å². The van der Waals surface area contributed by atoms with E-state index >= 15 is 0 Å². The topological polar surface area (TPSA) is 61.7 Å². The van der Waals surface area contributed by atoms with Crippen LogP contribution in [0.15, 0.2) is 6.20 Å². The van der Waals surface area contributed by atoms with Crippen molar-refractivity contribution in [1.82, 2.24) is 19.3 Å². The van der Waals surface area contributed by atoms with Crippen molar-refractivity contribution in [2.24, 2.45) is 14.1 Å². The van der Waals surface area contributed by atoms with E-state index in [-0.39, 0.29) is 10.8 Å². The third-order valence-electron chi connectivity index (χ3n) is 3.60. The van der Waals surface area contributed by atoms with Crippen LogP contribution in [0.1, 0.15) is 53.1 Å². The van der Waals surface area contributed by atoms with Gasteiger partial charge in [-0.1, -0.05) is 41.5 Å². The average Bonchev–Trinajstić information content (AvgIpc) is 2.80. The lowest BCUT2D eigenvalue weighted by atomic mass is 9.89. The molecule has 0 aliphatic rings. The molecule has 5 heteroatoms. The molecule has 0 spiro atoms. The summed E-state index contributed by atoms with van der Waals surface area (Å²) in [6, 6.07) is 0. The first-order valence-corrected chi connectivity index (χ1v) is 7.30. The van der Waals surface area contributed by atoms with Gasteiger partial charge in [0.15, 0.2) is 0 Å². The molecule has 0 bridgehead atoms. The summed E-state index contributed by atoms with van der Waals surface area (Å²) in [4.78, 5) is 4.82. The summed E-state index contributed by atoms with van der Waals surface area (Å²) in [6.07, 6.45) is 2.01. The van der Waals surface area contributed by atoms with Crippen molar-refractivity contribution in [2.75, 3.05) is 5.73 Å². The fourth-order valence-electron chi connectivity index (χ4n) is 2.60. The van der Waals surface area contributed by atoms with Crippen LogP contribution in [0.4, 0.5) is 5.82 Å². The lowest BCUT2D eigenvalue weighted by Gasteiger charge is -2.17. The Morgan fingerprint density at radius 3 is 2.00 bits per heavy atom. The molecule has 2 aromatic rings. The van der Waals surface area contributed by atoms with Gasteiger partial charge in [0.1, 0.15) is 17.3 Å². The molecule has 116 valence electrons. The van der Waals surface area contributed by atoms with Crippen molar-refractivity contribution in [3.05, 3.63) is 17.7 Å². The van der Waals surface area contributed by atoms with Gasteiger partial charge in [0.25, 0.3) is 0 Å². The van der Waals surface area contributed by atoms with Crippen molar-refractivity contribution in [1.29, 1.82) is 0 Å². The van der Waals surface area contributed by atoms with Crippen LogP contribution < -0.4 is 5.73 Å². The van der Waals surface area contributed by atoms with Gasteiger partial charge >= 0.3 is 0 Å². The molecule has 21 heavy (non-hydrogen) atoms. The van der Waals surface area contributed by atoms with E-state index < -0.39 is 0 Å². The molecule has 5 nitrogen and oxygen atoms in total. The second-order valence-corrected chi connectivity index (χ2v) is 7.79. The SMILES string of the molecule is Cn1cc(-c2nc(C(C)(C)C)n(C)c2N)c(C(C)(C)C)n1. The van der Waals surface area contributed by atoms with Gasteiger partial charge in [-0.25, -0.2) is 4.98 Å². The summed E-state index contributed by atoms with van der Waals surface area (Å²) in [5, 5.41) is 4.61. The van der Waals surface area contributed by atoms with Crippen LogP contribution >= 0.6 is 0 Å². The summed E-state index contributed by atoms with van der Waals surface area (Å²) >= 11 is 0. The molecule has 0 saturated heterocycles. The van der Waals surface area contributed by atoms with Crippen LogP contribution in [-0.2, 0) is 24.9 Å². The van der Waals surface area contributed by atoms with Gasteiger partial charge < -0.3 is 10.3 Å². The Bertz CT molecular complexity index is 662. The van der Waals surface area contributed by atoms with E-state index in [1.54, 1.807) is 0 Å². The molecule has 2 N–H and O–H groups in total. The number of hydrogen-bond donors (Lipinski definition) is 1. The number of rotatable bonds is 1. The second-order valence-electron chi connectivity index (χ2n) is 7.79. The highest BCUT2D eigenvalue weighted by molar-refractivity contribution is 5.73. The predicted octanol–water partition coefficient (Wildman–Crippen LogP) is 3.00. The van der Waals surface area contributed by atoms with E-state index in [4.69, 9.17) is 10.7 Å². The van der Waals surface area contributed by atoms with Gasteiger partial charge in [0.05, 0.1) is 5.69 Å².